The van der Waals surface area contributed by atoms with Gasteiger partial charge in [0.1, 0.15) is 0 Å². The summed E-state index contributed by atoms with van der Waals surface area (Å²) in [6.45, 7) is 5.73. The van der Waals surface area contributed by atoms with E-state index in [1.54, 1.807) is 0 Å². The molecule has 20 heavy (non-hydrogen) atoms. The molecule has 1 N–H and O–H groups in total. The van der Waals surface area contributed by atoms with Crippen molar-refractivity contribution in [3.8, 4) is 0 Å². The summed E-state index contributed by atoms with van der Waals surface area (Å²) < 4.78 is 43.8. The minimum absolute atomic E-state index is 0.240. The highest BCUT2D eigenvalue weighted by Crippen LogP contribution is 2.42. The first-order chi connectivity index (χ1) is 8.96. The van der Waals surface area contributed by atoms with Gasteiger partial charge in [-0.3, -0.25) is 0 Å². The zero-order valence-electron chi connectivity index (χ0n) is 11.7. The summed E-state index contributed by atoms with van der Waals surface area (Å²) >= 11 is 0. The van der Waals surface area contributed by atoms with Gasteiger partial charge in [0, 0.05) is 12.7 Å². The van der Waals surface area contributed by atoms with E-state index in [-0.39, 0.29) is 5.41 Å². The Bertz CT molecular complexity index is 486. The molecular weight excluding hydrogens is 273 g/mol. The average molecular weight is 290 g/mol. The minimum Gasteiger partial charge on any atom is -0.479 e. The SMILES string of the molecule is COC(C(=O)O)(c1ccc(C(C)(C)C)cc1)C(F)(F)F. The van der Waals surface area contributed by atoms with Crippen LogP contribution in [0.5, 0.6) is 0 Å². The maximum atomic E-state index is 13.1. The summed E-state index contributed by atoms with van der Waals surface area (Å²) in [4.78, 5) is 11.1. The Morgan fingerprint density at radius 2 is 1.45 bits per heavy atom. The summed E-state index contributed by atoms with van der Waals surface area (Å²) in [7, 11) is 0.735. The third-order valence-electron chi connectivity index (χ3n) is 3.16. The van der Waals surface area contributed by atoms with Gasteiger partial charge in [-0.1, -0.05) is 45.0 Å². The number of alkyl halides is 3. The molecule has 0 aliphatic carbocycles. The van der Waals surface area contributed by atoms with Crippen molar-refractivity contribution in [2.75, 3.05) is 7.11 Å². The lowest BCUT2D eigenvalue weighted by molar-refractivity contribution is -0.273. The molecule has 0 fully saturated rings. The smallest absolute Gasteiger partial charge is 0.432 e. The Hall–Kier alpha value is -1.56. The lowest BCUT2D eigenvalue weighted by Gasteiger charge is -2.31. The van der Waals surface area contributed by atoms with Crippen molar-refractivity contribution in [3.63, 3.8) is 0 Å². The predicted octanol–water partition coefficient (Wildman–Crippen LogP) is 3.47. The molecule has 1 aromatic rings. The number of benzene rings is 1. The van der Waals surface area contributed by atoms with Gasteiger partial charge in [0.15, 0.2) is 0 Å². The summed E-state index contributed by atoms with van der Waals surface area (Å²) in [5.41, 5.74) is -3.23. The molecule has 0 radical (unpaired) electrons. The van der Waals surface area contributed by atoms with Crippen LogP contribution < -0.4 is 0 Å². The van der Waals surface area contributed by atoms with E-state index in [0.29, 0.717) is 0 Å². The number of halogens is 3. The predicted molar refractivity (Wildman–Crippen MR) is 67.5 cm³/mol. The molecule has 0 heterocycles. The lowest BCUT2D eigenvalue weighted by Crippen LogP contribution is -2.50. The van der Waals surface area contributed by atoms with Crippen molar-refractivity contribution in [3.05, 3.63) is 35.4 Å². The number of ether oxygens (including phenoxy) is 1. The highest BCUT2D eigenvalue weighted by Gasteiger charge is 2.63. The number of carboxylic acid groups (broad SMARTS) is 1. The number of hydrogen-bond acceptors (Lipinski definition) is 2. The van der Waals surface area contributed by atoms with Gasteiger partial charge in [0.05, 0.1) is 0 Å². The molecule has 0 aromatic heterocycles. The van der Waals surface area contributed by atoms with Crippen LogP contribution in [0.4, 0.5) is 13.2 Å². The number of hydrogen-bond donors (Lipinski definition) is 1. The molecule has 0 spiro atoms. The van der Waals surface area contributed by atoms with Gasteiger partial charge < -0.3 is 9.84 Å². The first-order valence-corrected chi connectivity index (χ1v) is 5.93. The molecular formula is C14H17F3O3. The van der Waals surface area contributed by atoms with E-state index in [1.807, 2.05) is 20.8 Å². The molecule has 1 aromatic carbocycles. The Kier molecular flexibility index (Phi) is 4.20. The number of aliphatic carboxylic acids is 1. The Morgan fingerprint density at radius 3 is 1.70 bits per heavy atom. The Labute approximate surface area is 115 Å². The second-order valence-corrected chi connectivity index (χ2v) is 5.52. The Balaban J connectivity index is 3.41. The fourth-order valence-electron chi connectivity index (χ4n) is 1.93. The lowest BCUT2D eigenvalue weighted by atomic mass is 9.84. The van der Waals surface area contributed by atoms with Gasteiger partial charge >= 0.3 is 12.1 Å². The number of rotatable bonds is 3. The van der Waals surface area contributed by atoms with Gasteiger partial charge in [-0.2, -0.15) is 13.2 Å². The molecule has 3 nitrogen and oxygen atoms in total. The number of carbonyl (C=O) groups is 1. The van der Waals surface area contributed by atoms with E-state index in [0.717, 1.165) is 24.8 Å². The van der Waals surface area contributed by atoms with Gasteiger partial charge in [0.25, 0.3) is 5.60 Å². The van der Waals surface area contributed by atoms with Crippen LogP contribution in [0.3, 0.4) is 0 Å². The highest BCUT2D eigenvalue weighted by molar-refractivity contribution is 5.80. The fourth-order valence-corrected chi connectivity index (χ4v) is 1.93. The van der Waals surface area contributed by atoms with Crippen molar-refractivity contribution < 1.29 is 27.8 Å². The van der Waals surface area contributed by atoms with Crippen LogP contribution in [0, 0.1) is 0 Å². The Morgan fingerprint density at radius 1 is 1.05 bits per heavy atom. The molecule has 0 bridgehead atoms. The standard InChI is InChI=1S/C14H17F3O3/c1-12(2,3)9-5-7-10(8-6-9)13(20-4,11(18)19)14(15,16)17/h5-8H,1-4H3,(H,18,19). The van der Waals surface area contributed by atoms with Crippen LogP contribution in [-0.2, 0) is 20.5 Å². The number of carboxylic acids is 1. The van der Waals surface area contributed by atoms with Gasteiger partial charge in [-0.25, -0.2) is 4.79 Å². The van der Waals surface area contributed by atoms with Gasteiger partial charge in [-0.15, -0.1) is 0 Å². The summed E-state index contributed by atoms with van der Waals surface area (Å²) in [5, 5.41) is 9.00. The van der Waals surface area contributed by atoms with E-state index >= 15 is 0 Å². The topological polar surface area (TPSA) is 46.5 Å². The molecule has 112 valence electrons. The largest absolute Gasteiger partial charge is 0.479 e. The maximum Gasteiger partial charge on any atom is 0.432 e. The summed E-state index contributed by atoms with van der Waals surface area (Å²) in [6, 6.07) is 5.26. The second-order valence-electron chi connectivity index (χ2n) is 5.52. The molecule has 1 unspecified atom stereocenters. The van der Waals surface area contributed by atoms with Crippen molar-refractivity contribution in [2.24, 2.45) is 0 Å². The van der Waals surface area contributed by atoms with Crippen LogP contribution in [0.25, 0.3) is 0 Å². The van der Waals surface area contributed by atoms with Crippen LogP contribution in [0.2, 0.25) is 0 Å². The second kappa shape index (κ2) is 5.09. The molecule has 1 atom stereocenters. The fraction of sp³-hybridized carbons (Fsp3) is 0.500. The van der Waals surface area contributed by atoms with Crippen molar-refractivity contribution in [2.45, 2.75) is 38.0 Å². The van der Waals surface area contributed by atoms with E-state index in [1.165, 1.54) is 12.1 Å². The molecule has 0 aliphatic rings. The summed E-state index contributed by atoms with van der Waals surface area (Å²) in [6.07, 6.45) is -5.06. The van der Waals surface area contributed by atoms with Crippen LogP contribution >= 0.6 is 0 Å². The van der Waals surface area contributed by atoms with Crippen LogP contribution in [-0.4, -0.2) is 24.4 Å². The maximum absolute atomic E-state index is 13.1. The third kappa shape index (κ3) is 2.65. The molecule has 0 saturated carbocycles. The van der Waals surface area contributed by atoms with Crippen molar-refractivity contribution in [1.29, 1.82) is 0 Å². The van der Waals surface area contributed by atoms with Crippen molar-refractivity contribution >= 4 is 5.97 Å². The first-order valence-electron chi connectivity index (χ1n) is 5.93. The highest BCUT2D eigenvalue weighted by atomic mass is 19.4. The zero-order chi connectivity index (χ0) is 15.8. The summed E-state index contributed by atoms with van der Waals surface area (Å²) in [5.74, 6) is -2.09. The van der Waals surface area contributed by atoms with Gasteiger partial charge in [-0.05, 0) is 11.0 Å². The molecule has 0 amide bonds. The van der Waals surface area contributed by atoms with E-state index in [9.17, 15) is 18.0 Å². The van der Waals surface area contributed by atoms with Crippen molar-refractivity contribution in [1.82, 2.24) is 0 Å². The van der Waals surface area contributed by atoms with Gasteiger partial charge in [0.2, 0.25) is 0 Å². The minimum atomic E-state index is -5.06. The molecule has 1 rings (SSSR count). The quantitative estimate of drug-likeness (QED) is 0.927. The molecule has 0 aliphatic heterocycles. The molecule has 6 heteroatoms. The van der Waals surface area contributed by atoms with E-state index < -0.39 is 23.3 Å². The molecule has 0 saturated heterocycles. The first kappa shape index (κ1) is 16.5. The number of methoxy groups -OCH3 is 1. The van der Waals surface area contributed by atoms with Crippen LogP contribution in [0.1, 0.15) is 31.9 Å². The third-order valence-corrected chi connectivity index (χ3v) is 3.16. The average Bonchev–Trinajstić information content (AvgIpc) is 2.27. The monoisotopic (exact) mass is 290 g/mol. The van der Waals surface area contributed by atoms with Crippen LogP contribution in [0.15, 0.2) is 24.3 Å². The zero-order valence-corrected chi connectivity index (χ0v) is 11.7. The van der Waals surface area contributed by atoms with E-state index in [4.69, 9.17) is 5.11 Å². The van der Waals surface area contributed by atoms with E-state index in [2.05, 4.69) is 4.74 Å². The normalized spacial score (nSPS) is 15.8.